The van der Waals surface area contributed by atoms with E-state index in [9.17, 15) is 0 Å². The number of hydrogen-bond donors (Lipinski definition) is 0. The van der Waals surface area contributed by atoms with Crippen LogP contribution in [0.5, 0.6) is 11.6 Å². The maximum atomic E-state index is 8.84. The lowest BCUT2D eigenvalue weighted by atomic mass is 10.3. The molecule has 0 aliphatic rings. The van der Waals surface area contributed by atoms with E-state index in [2.05, 4.69) is 16.0 Å². The first-order valence-corrected chi connectivity index (χ1v) is 6.01. The summed E-state index contributed by atoms with van der Waals surface area (Å²) in [6.45, 7) is 0. The number of nitriles is 1. The summed E-state index contributed by atoms with van der Waals surface area (Å²) in [4.78, 5) is 8.18. The molecular formula is C12H8N3OS. The highest BCUT2D eigenvalue weighted by atomic mass is 32.2. The van der Waals surface area contributed by atoms with Crippen LogP contribution >= 0.6 is 11.8 Å². The molecule has 0 aliphatic carbocycles. The summed E-state index contributed by atoms with van der Waals surface area (Å²) in [6, 6.07) is 13.4. The first-order valence-electron chi connectivity index (χ1n) is 4.79. The monoisotopic (exact) mass is 242 g/mol. The molecule has 0 aliphatic heterocycles. The minimum atomic E-state index is 0.293. The Morgan fingerprint density at radius 2 is 2.12 bits per heavy atom. The van der Waals surface area contributed by atoms with Gasteiger partial charge in [-0.1, -0.05) is 23.9 Å². The average Bonchev–Trinajstić information content (AvgIpc) is 2.39. The van der Waals surface area contributed by atoms with Gasteiger partial charge < -0.3 is 4.74 Å². The van der Waals surface area contributed by atoms with E-state index in [1.165, 1.54) is 17.8 Å². The van der Waals surface area contributed by atoms with Crippen molar-refractivity contribution < 1.29 is 4.74 Å². The third kappa shape index (κ3) is 2.95. The molecule has 4 nitrogen and oxygen atoms in total. The lowest BCUT2D eigenvalue weighted by Crippen LogP contribution is -1.94. The average molecular weight is 242 g/mol. The second kappa shape index (κ2) is 5.32. The fourth-order valence-corrected chi connectivity index (χ4v) is 1.54. The number of aromatic nitrogens is 2. The second-order valence-electron chi connectivity index (χ2n) is 3.03. The van der Waals surface area contributed by atoms with Crippen molar-refractivity contribution in [1.82, 2.24) is 9.97 Å². The molecule has 2 rings (SSSR count). The maximum Gasteiger partial charge on any atom is 0.224 e. The Bertz CT molecular complexity index is 551. The highest BCUT2D eigenvalue weighted by Crippen LogP contribution is 2.21. The number of nitrogens with zero attached hydrogens (tertiary/aromatic N) is 3. The Hall–Kier alpha value is -2.06. The predicted octanol–water partition coefficient (Wildman–Crippen LogP) is 2.66. The van der Waals surface area contributed by atoms with E-state index in [1.807, 2.05) is 12.3 Å². The SMILES string of the molecule is CSc1nc(C#N)cc(Oc2cc[c]cc2)n1. The Kier molecular flexibility index (Phi) is 3.58. The van der Waals surface area contributed by atoms with Gasteiger partial charge in [0.1, 0.15) is 17.5 Å². The van der Waals surface area contributed by atoms with E-state index in [0.29, 0.717) is 22.5 Å². The molecule has 1 heterocycles. The highest BCUT2D eigenvalue weighted by Gasteiger charge is 2.05. The number of ether oxygens (including phenoxy) is 1. The second-order valence-corrected chi connectivity index (χ2v) is 3.80. The predicted molar refractivity (Wildman–Crippen MR) is 63.9 cm³/mol. The lowest BCUT2D eigenvalue weighted by molar-refractivity contribution is 0.455. The molecule has 0 N–H and O–H groups in total. The van der Waals surface area contributed by atoms with Gasteiger partial charge in [0, 0.05) is 6.07 Å². The van der Waals surface area contributed by atoms with Crippen molar-refractivity contribution in [2.45, 2.75) is 5.16 Å². The van der Waals surface area contributed by atoms with Gasteiger partial charge >= 0.3 is 0 Å². The minimum Gasteiger partial charge on any atom is -0.439 e. The molecule has 0 bridgehead atoms. The van der Waals surface area contributed by atoms with E-state index < -0.39 is 0 Å². The fraction of sp³-hybridized carbons (Fsp3) is 0.0833. The number of hydrogen-bond acceptors (Lipinski definition) is 5. The molecule has 1 aromatic heterocycles. The normalized spacial score (nSPS) is 9.65. The van der Waals surface area contributed by atoms with E-state index in [-0.39, 0.29) is 0 Å². The first kappa shape index (κ1) is 11.4. The number of rotatable bonds is 3. The van der Waals surface area contributed by atoms with Gasteiger partial charge in [0.15, 0.2) is 5.16 Å². The van der Waals surface area contributed by atoms with Crippen molar-refractivity contribution in [1.29, 1.82) is 5.26 Å². The molecule has 0 amide bonds. The quantitative estimate of drug-likeness (QED) is 0.611. The van der Waals surface area contributed by atoms with Crippen LogP contribution < -0.4 is 4.74 Å². The summed E-state index contributed by atoms with van der Waals surface area (Å²) < 4.78 is 5.53. The van der Waals surface area contributed by atoms with Crippen LogP contribution in [0.15, 0.2) is 35.5 Å². The van der Waals surface area contributed by atoms with Gasteiger partial charge in [-0.05, 0) is 24.5 Å². The molecule has 17 heavy (non-hydrogen) atoms. The van der Waals surface area contributed by atoms with E-state index in [0.717, 1.165) is 0 Å². The van der Waals surface area contributed by atoms with E-state index in [4.69, 9.17) is 10.00 Å². The number of thioether (sulfide) groups is 1. The largest absolute Gasteiger partial charge is 0.439 e. The summed E-state index contributed by atoms with van der Waals surface area (Å²) in [6.07, 6.45) is 1.84. The van der Waals surface area contributed by atoms with Crippen LogP contribution in [0.25, 0.3) is 0 Å². The van der Waals surface area contributed by atoms with Gasteiger partial charge in [0.2, 0.25) is 5.88 Å². The third-order valence-electron chi connectivity index (χ3n) is 1.89. The molecule has 0 saturated heterocycles. The van der Waals surface area contributed by atoms with Gasteiger partial charge in [-0.3, -0.25) is 0 Å². The zero-order chi connectivity index (χ0) is 12.1. The summed E-state index contributed by atoms with van der Waals surface area (Å²) in [5.74, 6) is 1.02. The molecule has 1 radical (unpaired) electrons. The Morgan fingerprint density at radius 1 is 1.35 bits per heavy atom. The summed E-state index contributed by atoms with van der Waals surface area (Å²) >= 11 is 1.36. The summed E-state index contributed by atoms with van der Waals surface area (Å²) in [5, 5.41) is 9.35. The molecular weight excluding hydrogens is 234 g/mol. The lowest BCUT2D eigenvalue weighted by Gasteiger charge is -2.05. The van der Waals surface area contributed by atoms with Crippen molar-refractivity contribution in [3.05, 3.63) is 42.1 Å². The first-order chi connectivity index (χ1) is 8.31. The number of benzene rings is 1. The molecule has 5 heteroatoms. The van der Waals surface area contributed by atoms with E-state index >= 15 is 0 Å². The molecule has 0 atom stereocenters. The van der Waals surface area contributed by atoms with Crippen LogP contribution in [-0.2, 0) is 0 Å². The van der Waals surface area contributed by atoms with Crippen LogP contribution in [0.2, 0.25) is 0 Å². The van der Waals surface area contributed by atoms with Gasteiger partial charge in [0.25, 0.3) is 0 Å². The molecule has 0 fully saturated rings. The van der Waals surface area contributed by atoms with Gasteiger partial charge in [-0.15, -0.1) is 0 Å². The van der Waals surface area contributed by atoms with Crippen molar-refractivity contribution in [2.24, 2.45) is 0 Å². The standard InChI is InChI=1S/C12H8N3OS/c1-17-12-14-9(8-13)7-11(15-12)16-10-5-3-2-4-6-10/h3-7H,1H3. The van der Waals surface area contributed by atoms with Gasteiger partial charge in [0.05, 0.1) is 0 Å². The molecule has 2 aromatic rings. The van der Waals surface area contributed by atoms with Crippen LogP contribution in [-0.4, -0.2) is 16.2 Å². The van der Waals surface area contributed by atoms with Crippen molar-refractivity contribution in [3.63, 3.8) is 0 Å². The van der Waals surface area contributed by atoms with Crippen LogP contribution in [0.4, 0.5) is 0 Å². The Morgan fingerprint density at radius 3 is 2.76 bits per heavy atom. The molecule has 0 unspecified atom stereocenters. The zero-order valence-corrected chi connectivity index (χ0v) is 9.86. The van der Waals surface area contributed by atoms with Crippen LogP contribution in [0.3, 0.4) is 0 Å². The van der Waals surface area contributed by atoms with E-state index in [1.54, 1.807) is 24.3 Å². The summed E-state index contributed by atoms with van der Waals surface area (Å²) in [5.41, 5.74) is 0.293. The van der Waals surface area contributed by atoms with Crippen molar-refractivity contribution in [2.75, 3.05) is 6.26 Å². The minimum absolute atomic E-state index is 0.293. The van der Waals surface area contributed by atoms with Crippen LogP contribution in [0, 0.1) is 17.4 Å². The van der Waals surface area contributed by atoms with Crippen LogP contribution in [0.1, 0.15) is 5.69 Å². The highest BCUT2D eigenvalue weighted by molar-refractivity contribution is 7.98. The van der Waals surface area contributed by atoms with Gasteiger partial charge in [-0.2, -0.15) is 10.2 Å². The molecule has 0 spiro atoms. The smallest absolute Gasteiger partial charge is 0.224 e. The third-order valence-corrected chi connectivity index (χ3v) is 2.44. The maximum absolute atomic E-state index is 8.84. The Balaban J connectivity index is 2.30. The fourth-order valence-electron chi connectivity index (χ4n) is 1.17. The summed E-state index contributed by atoms with van der Waals surface area (Å²) in [7, 11) is 0. The Labute approximate surface area is 103 Å². The zero-order valence-electron chi connectivity index (χ0n) is 9.04. The molecule has 1 aromatic carbocycles. The topological polar surface area (TPSA) is 58.8 Å². The van der Waals surface area contributed by atoms with Gasteiger partial charge in [-0.25, -0.2) is 4.98 Å². The molecule has 0 saturated carbocycles. The van der Waals surface area contributed by atoms with Crippen molar-refractivity contribution >= 4 is 11.8 Å². The van der Waals surface area contributed by atoms with Crippen molar-refractivity contribution in [3.8, 4) is 17.7 Å². The molecule has 83 valence electrons.